The molecular formula is C6H5F7O3. The van der Waals surface area contributed by atoms with Gasteiger partial charge in [0.15, 0.2) is 0 Å². The second kappa shape index (κ2) is 3.55. The summed E-state index contributed by atoms with van der Waals surface area (Å²) in [5, 5.41) is 16.4. The van der Waals surface area contributed by atoms with Crippen LogP contribution in [0.5, 0.6) is 0 Å². The molecule has 0 saturated carbocycles. The van der Waals surface area contributed by atoms with E-state index < -0.39 is 29.6 Å². The number of rotatable bonds is 4. The summed E-state index contributed by atoms with van der Waals surface area (Å²) in [7, 11) is 0. The highest BCUT2D eigenvalue weighted by Crippen LogP contribution is 2.50. The van der Waals surface area contributed by atoms with E-state index in [1.54, 1.807) is 0 Å². The molecule has 0 atom stereocenters. The molecule has 0 bridgehead atoms. The Hall–Kier alpha value is -0.900. The first-order valence-corrected chi connectivity index (χ1v) is 3.47. The molecule has 0 amide bonds. The Kier molecular flexibility index (Phi) is 3.35. The number of aliphatic hydroxyl groups is 2. The molecule has 3 nitrogen and oxygen atoms in total. The molecule has 0 radical (unpaired) electrons. The van der Waals surface area contributed by atoms with Gasteiger partial charge in [-0.05, 0) is 6.92 Å². The lowest BCUT2D eigenvalue weighted by atomic mass is 9.98. The maximum atomic E-state index is 12.5. The van der Waals surface area contributed by atoms with Crippen LogP contribution in [0.25, 0.3) is 0 Å². The summed E-state index contributed by atoms with van der Waals surface area (Å²) in [5.41, 5.74) is 0. The molecule has 0 unspecified atom stereocenters. The Morgan fingerprint density at radius 3 is 1.44 bits per heavy atom. The minimum Gasteiger partial charge on any atom is -0.361 e. The number of carbonyl (C=O) groups excluding carboxylic acids is 1. The number of carbonyl (C=O) groups is 1. The lowest BCUT2D eigenvalue weighted by Crippen LogP contribution is -2.65. The van der Waals surface area contributed by atoms with Crippen molar-refractivity contribution in [3.63, 3.8) is 0 Å². The summed E-state index contributed by atoms with van der Waals surface area (Å²) in [6, 6.07) is -4.01. The van der Waals surface area contributed by atoms with E-state index in [2.05, 4.69) is 0 Å². The van der Waals surface area contributed by atoms with Gasteiger partial charge in [0, 0.05) is 0 Å². The van der Waals surface area contributed by atoms with Gasteiger partial charge in [-0.15, -0.1) is 0 Å². The summed E-state index contributed by atoms with van der Waals surface area (Å²) >= 11 is 0. The summed E-state index contributed by atoms with van der Waals surface area (Å²) < 4.78 is 85.8. The van der Waals surface area contributed by atoms with E-state index in [-0.39, 0.29) is 6.92 Å². The van der Waals surface area contributed by atoms with Gasteiger partial charge in [0.2, 0.25) is 5.79 Å². The number of hydrogen-bond donors (Lipinski definition) is 2. The topological polar surface area (TPSA) is 57.5 Å². The molecule has 0 aromatic heterocycles. The van der Waals surface area contributed by atoms with Crippen LogP contribution in [0.2, 0.25) is 0 Å². The molecule has 0 heterocycles. The highest BCUT2D eigenvalue weighted by atomic mass is 19.3. The second-order valence-electron chi connectivity index (χ2n) is 3.02. The highest BCUT2D eigenvalue weighted by Gasteiger charge is 2.80. The lowest BCUT2D eigenvalue weighted by Gasteiger charge is -2.35. The van der Waals surface area contributed by atoms with Crippen molar-refractivity contribution in [1.29, 1.82) is 0 Å². The summed E-state index contributed by atoms with van der Waals surface area (Å²) in [6.07, 6.45) is 0. The van der Waals surface area contributed by atoms with Gasteiger partial charge in [0.25, 0.3) is 0 Å². The summed E-state index contributed by atoms with van der Waals surface area (Å²) in [5.74, 6) is -23.7. The summed E-state index contributed by atoms with van der Waals surface area (Å²) in [6.45, 7) is -0.320. The predicted molar refractivity (Wildman–Crippen MR) is 33.8 cm³/mol. The van der Waals surface area contributed by atoms with Gasteiger partial charge in [-0.25, -0.2) is 0 Å². The van der Waals surface area contributed by atoms with Gasteiger partial charge in [0.1, 0.15) is 0 Å². The third kappa shape index (κ3) is 1.86. The molecule has 0 rings (SSSR count). The third-order valence-electron chi connectivity index (χ3n) is 1.63. The van der Waals surface area contributed by atoms with Crippen LogP contribution in [-0.2, 0) is 4.79 Å². The zero-order valence-electron chi connectivity index (χ0n) is 7.45. The molecule has 10 heteroatoms. The van der Waals surface area contributed by atoms with E-state index in [4.69, 9.17) is 10.2 Å². The molecule has 0 aliphatic carbocycles. The Morgan fingerprint density at radius 1 is 0.938 bits per heavy atom. The molecule has 0 fully saturated rings. The van der Waals surface area contributed by atoms with E-state index >= 15 is 0 Å². The van der Waals surface area contributed by atoms with Crippen molar-refractivity contribution >= 4 is 6.04 Å². The number of halogens is 7. The largest absolute Gasteiger partial charge is 0.404 e. The standard InChI is InChI=1S/C6H5F7O3/c1-3(15,16)5(10,11)6(12,13)4(8,9)2(7)14/h15-16H,1H3. The van der Waals surface area contributed by atoms with E-state index in [1.807, 2.05) is 0 Å². The maximum Gasteiger partial charge on any atom is 0.404 e. The molecule has 2 N–H and O–H groups in total. The van der Waals surface area contributed by atoms with Crippen LogP contribution in [0.1, 0.15) is 6.92 Å². The highest BCUT2D eigenvalue weighted by molar-refractivity contribution is 5.78. The zero-order valence-corrected chi connectivity index (χ0v) is 7.45. The van der Waals surface area contributed by atoms with Crippen molar-refractivity contribution < 1.29 is 45.7 Å². The first-order chi connectivity index (χ1) is 6.69. The second-order valence-corrected chi connectivity index (χ2v) is 3.02. The molecule has 16 heavy (non-hydrogen) atoms. The Balaban J connectivity index is 5.62. The average Bonchev–Trinajstić information content (AvgIpc) is 2.00. The lowest BCUT2D eigenvalue weighted by molar-refractivity contribution is -0.388. The van der Waals surface area contributed by atoms with Gasteiger partial charge in [0.05, 0.1) is 0 Å². The van der Waals surface area contributed by atoms with Crippen LogP contribution in [0.15, 0.2) is 0 Å². The van der Waals surface area contributed by atoms with Crippen molar-refractivity contribution in [3.05, 3.63) is 0 Å². The van der Waals surface area contributed by atoms with Crippen LogP contribution < -0.4 is 0 Å². The zero-order chi connectivity index (χ0) is 13.6. The Labute approximate surface area is 83.5 Å². The number of alkyl halides is 6. The fraction of sp³-hybridized carbons (Fsp3) is 0.833. The third-order valence-corrected chi connectivity index (χ3v) is 1.63. The molecule has 0 saturated heterocycles. The van der Waals surface area contributed by atoms with E-state index in [9.17, 15) is 35.5 Å². The quantitative estimate of drug-likeness (QED) is 0.451. The molecule has 0 aromatic rings. The van der Waals surface area contributed by atoms with E-state index in [0.29, 0.717) is 0 Å². The minimum atomic E-state index is -6.59. The molecule has 0 aliphatic heterocycles. The van der Waals surface area contributed by atoms with Gasteiger partial charge < -0.3 is 10.2 Å². The van der Waals surface area contributed by atoms with Crippen molar-refractivity contribution in [2.24, 2.45) is 0 Å². The van der Waals surface area contributed by atoms with Crippen LogP contribution in [0, 0.1) is 0 Å². The first kappa shape index (κ1) is 15.1. The monoisotopic (exact) mass is 258 g/mol. The van der Waals surface area contributed by atoms with Gasteiger partial charge >= 0.3 is 23.8 Å². The van der Waals surface area contributed by atoms with Gasteiger partial charge in [-0.3, -0.25) is 4.79 Å². The van der Waals surface area contributed by atoms with Crippen molar-refractivity contribution in [2.45, 2.75) is 30.5 Å². The molecule has 0 aliphatic rings. The predicted octanol–water partition coefficient (Wildman–Crippen LogP) is 1.09. The van der Waals surface area contributed by atoms with Crippen molar-refractivity contribution in [3.8, 4) is 0 Å². The summed E-state index contributed by atoms with van der Waals surface area (Å²) in [4.78, 5) is 9.49. The van der Waals surface area contributed by atoms with Crippen molar-refractivity contribution in [1.82, 2.24) is 0 Å². The van der Waals surface area contributed by atoms with Gasteiger partial charge in [-0.2, -0.15) is 30.7 Å². The average molecular weight is 258 g/mol. The van der Waals surface area contributed by atoms with Crippen molar-refractivity contribution in [2.75, 3.05) is 0 Å². The molecule has 0 aromatic carbocycles. The SMILES string of the molecule is CC(O)(O)C(F)(F)C(F)(F)C(F)(F)C(=O)F. The minimum absolute atomic E-state index is 0.320. The fourth-order valence-corrected chi connectivity index (χ4v) is 0.618. The first-order valence-electron chi connectivity index (χ1n) is 3.47. The smallest absolute Gasteiger partial charge is 0.361 e. The van der Waals surface area contributed by atoms with Crippen LogP contribution in [0.3, 0.4) is 0 Å². The van der Waals surface area contributed by atoms with Crippen LogP contribution >= 0.6 is 0 Å². The molecule has 96 valence electrons. The van der Waals surface area contributed by atoms with E-state index in [0.717, 1.165) is 0 Å². The Morgan fingerprint density at radius 2 is 1.25 bits per heavy atom. The Bertz CT molecular complexity index is 293. The molecule has 0 spiro atoms. The van der Waals surface area contributed by atoms with Crippen LogP contribution in [0.4, 0.5) is 30.7 Å². The molecular weight excluding hydrogens is 253 g/mol. The maximum absolute atomic E-state index is 12.5. The fourth-order valence-electron chi connectivity index (χ4n) is 0.618. The van der Waals surface area contributed by atoms with Crippen LogP contribution in [-0.4, -0.2) is 39.8 Å². The normalized spacial score (nSPS) is 15.1. The van der Waals surface area contributed by atoms with E-state index in [1.165, 1.54) is 0 Å². The number of hydrogen-bond acceptors (Lipinski definition) is 3. The van der Waals surface area contributed by atoms with Gasteiger partial charge in [-0.1, -0.05) is 0 Å².